The van der Waals surface area contributed by atoms with Crippen molar-refractivity contribution in [3.8, 4) is 0 Å². The molecule has 0 saturated carbocycles. The van der Waals surface area contributed by atoms with Gasteiger partial charge in [0.25, 0.3) is 0 Å². The summed E-state index contributed by atoms with van der Waals surface area (Å²) in [6.07, 6.45) is 4.49. The first-order valence-electron chi connectivity index (χ1n) is 6.29. The molecule has 1 rings (SSSR count). The van der Waals surface area contributed by atoms with E-state index in [1.165, 1.54) is 39.4 Å². The van der Waals surface area contributed by atoms with E-state index in [0.717, 1.165) is 16.8 Å². The highest BCUT2D eigenvalue weighted by Crippen LogP contribution is 2.18. The molecule has 8 nitrogen and oxygen atoms in total. The Kier molecular flexibility index (Phi) is 5.73. The van der Waals surface area contributed by atoms with Crippen LogP contribution in [0.2, 0.25) is 0 Å². The Hall–Kier alpha value is -2.77. The molecule has 0 unspecified atom stereocenters. The highest BCUT2D eigenvalue weighted by atomic mass is 16.5. The lowest BCUT2D eigenvalue weighted by molar-refractivity contribution is -0.144. The van der Waals surface area contributed by atoms with Gasteiger partial charge in [0, 0.05) is 24.5 Å². The molecule has 0 amide bonds. The summed E-state index contributed by atoms with van der Waals surface area (Å²) < 4.78 is 10.1. The van der Waals surface area contributed by atoms with Gasteiger partial charge in [-0.2, -0.15) is 5.10 Å². The molecule has 1 aromatic heterocycles. The number of carbonyl (C=O) groups excluding carboxylic acids is 4. The van der Waals surface area contributed by atoms with Gasteiger partial charge >= 0.3 is 17.8 Å². The molecule has 0 saturated heterocycles. The normalized spacial score (nSPS) is 11.2. The fourth-order valence-electron chi connectivity index (χ4n) is 1.35. The number of carbonyl (C=O) groups is 4. The Morgan fingerprint density at radius 1 is 1.18 bits per heavy atom. The molecule has 118 valence electrons. The Morgan fingerprint density at radius 2 is 1.82 bits per heavy atom. The average Bonchev–Trinajstić information content (AvgIpc) is 3.03. The van der Waals surface area contributed by atoms with E-state index in [-0.39, 0.29) is 6.61 Å². The van der Waals surface area contributed by atoms with Crippen molar-refractivity contribution in [3.63, 3.8) is 0 Å². The Balaban J connectivity index is 2.61. The standard InChI is InChI=1S/C14H16N2O6/c1-14(2,9-22-11(18)6-5-10(17)21-3)12(19)13(20)16-8-4-7-15-16/h4-8H,9H2,1-3H3/b6-5+. The van der Waals surface area contributed by atoms with Gasteiger partial charge in [0.15, 0.2) is 0 Å². The van der Waals surface area contributed by atoms with E-state index in [2.05, 4.69) is 9.84 Å². The summed E-state index contributed by atoms with van der Waals surface area (Å²) in [4.78, 5) is 46.2. The first-order chi connectivity index (χ1) is 10.3. The fourth-order valence-corrected chi connectivity index (χ4v) is 1.35. The molecule has 0 aromatic carbocycles. The molecule has 0 aliphatic rings. The largest absolute Gasteiger partial charge is 0.466 e. The molecule has 0 aliphatic carbocycles. The van der Waals surface area contributed by atoms with E-state index >= 15 is 0 Å². The summed E-state index contributed by atoms with van der Waals surface area (Å²) in [6, 6.07) is 1.51. The number of ketones is 1. The van der Waals surface area contributed by atoms with E-state index in [9.17, 15) is 19.2 Å². The number of Topliss-reactive ketones (excluding diaryl/α,β-unsaturated/α-hetero) is 1. The third kappa shape index (κ3) is 4.65. The minimum Gasteiger partial charge on any atom is -0.466 e. The van der Waals surface area contributed by atoms with Crippen molar-refractivity contribution in [1.82, 2.24) is 9.78 Å². The smallest absolute Gasteiger partial charge is 0.331 e. The van der Waals surface area contributed by atoms with E-state index in [4.69, 9.17) is 4.74 Å². The molecule has 1 heterocycles. The second-order valence-corrected chi connectivity index (χ2v) is 4.93. The Labute approximate surface area is 126 Å². The van der Waals surface area contributed by atoms with Crippen molar-refractivity contribution in [3.05, 3.63) is 30.6 Å². The van der Waals surface area contributed by atoms with Crippen molar-refractivity contribution in [2.75, 3.05) is 13.7 Å². The maximum Gasteiger partial charge on any atom is 0.331 e. The predicted octanol–water partition coefficient (Wildman–Crippen LogP) is 0.391. The fraction of sp³-hybridized carbons (Fsp3) is 0.357. The van der Waals surface area contributed by atoms with Gasteiger partial charge in [-0.15, -0.1) is 0 Å². The third-order valence-electron chi connectivity index (χ3n) is 2.65. The van der Waals surface area contributed by atoms with Gasteiger partial charge in [-0.3, -0.25) is 9.59 Å². The minimum absolute atomic E-state index is 0.316. The van der Waals surface area contributed by atoms with Crippen LogP contribution in [-0.2, 0) is 23.9 Å². The summed E-state index contributed by atoms with van der Waals surface area (Å²) in [6.45, 7) is 2.62. The molecule has 1 aromatic rings. The molecule has 0 bridgehead atoms. The van der Waals surface area contributed by atoms with E-state index < -0.39 is 29.0 Å². The van der Waals surface area contributed by atoms with Crippen LogP contribution < -0.4 is 0 Å². The molecule has 0 atom stereocenters. The van der Waals surface area contributed by atoms with Gasteiger partial charge < -0.3 is 9.47 Å². The zero-order valence-electron chi connectivity index (χ0n) is 12.4. The molecule has 0 radical (unpaired) electrons. The summed E-state index contributed by atoms with van der Waals surface area (Å²) in [5.74, 6) is -3.10. The first-order valence-corrected chi connectivity index (χ1v) is 6.29. The van der Waals surface area contributed by atoms with Crippen LogP contribution in [0.25, 0.3) is 0 Å². The highest BCUT2D eigenvalue weighted by molar-refractivity contribution is 6.38. The lowest BCUT2D eigenvalue weighted by Gasteiger charge is -2.21. The van der Waals surface area contributed by atoms with E-state index in [1.54, 1.807) is 0 Å². The maximum absolute atomic E-state index is 12.1. The topological polar surface area (TPSA) is 105 Å². The monoisotopic (exact) mass is 308 g/mol. The molecular formula is C14H16N2O6. The number of esters is 2. The quantitative estimate of drug-likeness (QED) is 0.425. The number of nitrogens with zero attached hydrogens (tertiary/aromatic N) is 2. The van der Waals surface area contributed by atoms with E-state index in [0.29, 0.717) is 0 Å². The minimum atomic E-state index is -1.22. The maximum atomic E-state index is 12.1. The summed E-state index contributed by atoms with van der Waals surface area (Å²) in [5.41, 5.74) is -1.22. The van der Waals surface area contributed by atoms with Crippen LogP contribution in [0.1, 0.15) is 18.6 Å². The van der Waals surface area contributed by atoms with Crippen molar-refractivity contribution in [2.24, 2.45) is 5.41 Å². The van der Waals surface area contributed by atoms with Crippen LogP contribution in [0.4, 0.5) is 0 Å². The number of hydrogen-bond acceptors (Lipinski definition) is 7. The second kappa shape index (κ2) is 7.30. The van der Waals surface area contributed by atoms with Crippen molar-refractivity contribution >= 4 is 23.6 Å². The predicted molar refractivity (Wildman–Crippen MR) is 73.8 cm³/mol. The highest BCUT2D eigenvalue weighted by Gasteiger charge is 2.35. The van der Waals surface area contributed by atoms with Crippen LogP contribution in [0, 0.1) is 5.41 Å². The van der Waals surface area contributed by atoms with Crippen LogP contribution in [0.15, 0.2) is 30.6 Å². The number of ether oxygens (including phenoxy) is 2. The van der Waals surface area contributed by atoms with Gasteiger partial charge in [-0.25, -0.2) is 14.3 Å². The summed E-state index contributed by atoms with van der Waals surface area (Å²) in [5, 5.41) is 3.68. The number of hydrogen-bond donors (Lipinski definition) is 0. The molecular weight excluding hydrogens is 292 g/mol. The Morgan fingerprint density at radius 3 is 2.36 bits per heavy atom. The summed E-state index contributed by atoms with van der Waals surface area (Å²) in [7, 11) is 1.17. The lowest BCUT2D eigenvalue weighted by Crippen LogP contribution is -2.38. The molecule has 0 fully saturated rings. The Bertz CT molecular complexity index is 601. The third-order valence-corrected chi connectivity index (χ3v) is 2.65. The molecule has 0 spiro atoms. The number of methoxy groups -OCH3 is 1. The molecule has 8 heteroatoms. The van der Waals surface area contributed by atoms with Gasteiger partial charge in [-0.05, 0) is 19.9 Å². The van der Waals surface area contributed by atoms with E-state index in [1.807, 2.05) is 0 Å². The molecule has 22 heavy (non-hydrogen) atoms. The van der Waals surface area contributed by atoms with Gasteiger partial charge in [-0.1, -0.05) is 0 Å². The zero-order chi connectivity index (χ0) is 16.8. The SMILES string of the molecule is COC(=O)/C=C/C(=O)OCC(C)(C)C(=O)C(=O)n1cccn1. The van der Waals surface area contributed by atoms with Crippen LogP contribution in [0.3, 0.4) is 0 Å². The lowest BCUT2D eigenvalue weighted by atomic mass is 9.88. The first kappa shape index (κ1) is 17.3. The zero-order valence-corrected chi connectivity index (χ0v) is 12.4. The van der Waals surface area contributed by atoms with Crippen molar-refractivity contribution in [1.29, 1.82) is 0 Å². The van der Waals surface area contributed by atoms with Crippen LogP contribution in [-0.4, -0.2) is 47.1 Å². The van der Waals surface area contributed by atoms with Gasteiger partial charge in [0.2, 0.25) is 5.78 Å². The average molecular weight is 308 g/mol. The van der Waals surface area contributed by atoms with Gasteiger partial charge in [0.05, 0.1) is 12.5 Å². The van der Waals surface area contributed by atoms with Crippen molar-refractivity contribution in [2.45, 2.75) is 13.8 Å². The number of rotatable bonds is 6. The van der Waals surface area contributed by atoms with Crippen molar-refractivity contribution < 1.29 is 28.7 Å². The second-order valence-electron chi connectivity index (χ2n) is 4.93. The van der Waals surface area contributed by atoms with Gasteiger partial charge in [0.1, 0.15) is 6.61 Å². The van der Waals surface area contributed by atoms with Crippen LogP contribution in [0.5, 0.6) is 0 Å². The molecule has 0 N–H and O–H groups in total. The van der Waals surface area contributed by atoms with Crippen LogP contribution >= 0.6 is 0 Å². The summed E-state index contributed by atoms with van der Waals surface area (Å²) >= 11 is 0. The molecule has 0 aliphatic heterocycles. The number of aromatic nitrogens is 2.